The molecule has 3 heteroatoms. The van der Waals surface area contributed by atoms with Crippen LogP contribution < -0.4 is 5.73 Å². The maximum absolute atomic E-state index is 9.32. The summed E-state index contributed by atoms with van der Waals surface area (Å²) in [5, 5.41) is 9.32. The van der Waals surface area contributed by atoms with Crippen molar-refractivity contribution in [3.8, 4) is 0 Å². The second-order valence-corrected chi connectivity index (χ2v) is 4.25. The molecule has 0 aliphatic heterocycles. The Balaban J connectivity index is 2.10. The number of ether oxygens (including phenoxy) is 1. The first-order valence-electron chi connectivity index (χ1n) is 5.81. The van der Waals surface area contributed by atoms with Gasteiger partial charge in [0.15, 0.2) is 0 Å². The predicted octanol–water partition coefficient (Wildman–Crippen LogP) is 1.78. The van der Waals surface area contributed by atoms with Gasteiger partial charge in [0.25, 0.3) is 0 Å². The van der Waals surface area contributed by atoms with Gasteiger partial charge in [0, 0.05) is 0 Å². The zero-order valence-corrected chi connectivity index (χ0v) is 9.11. The first-order chi connectivity index (χ1) is 6.72. The van der Waals surface area contributed by atoms with E-state index in [0.717, 1.165) is 38.5 Å². The Morgan fingerprint density at radius 3 is 2.57 bits per heavy atom. The van der Waals surface area contributed by atoms with E-state index in [1.807, 2.05) is 0 Å². The summed E-state index contributed by atoms with van der Waals surface area (Å²) >= 11 is 0. The van der Waals surface area contributed by atoms with Gasteiger partial charge in [-0.25, -0.2) is 0 Å². The van der Waals surface area contributed by atoms with E-state index in [2.05, 4.69) is 6.92 Å². The first-order valence-corrected chi connectivity index (χ1v) is 5.81. The van der Waals surface area contributed by atoms with Gasteiger partial charge in [-0.05, 0) is 38.5 Å². The molecule has 0 unspecified atom stereocenters. The number of aliphatic hydroxyl groups is 1. The molecule has 0 aromatic heterocycles. The van der Waals surface area contributed by atoms with Crippen molar-refractivity contribution >= 4 is 0 Å². The molecule has 0 amide bonds. The topological polar surface area (TPSA) is 55.5 Å². The van der Waals surface area contributed by atoms with Crippen LogP contribution in [0.3, 0.4) is 0 Å². The van der Waals surface area contributed by atoms with Gasteiger partial charge in [-0.1, -0.05) is 13.3 Å². The van der Waals surface area contributed by atoms with Crippen molar-refractivity contribution in [1.29, 1.82) is 0 Å². The number of rotatable bonds is 5. The minimum Gasteiger partial charge on any atom is -0.393 e. The molecule has 0 aromatic carbocycles. The summed E-state index contributed by atoms with van der Waals surface area (Å²) in [4.78, 5) is 0. The van der Waals surface area contributed by atoms with Crippen molar-refractivity contribution in [2.45, 2.75) is 70.3 Å². The van der Waals surface area contributed by atoms with E-state index in [1.165, 1.54) is 6.42 Å². The van der Waals surface area contributed by atoms with Crippen molar-refractivity contribution in [2.24, 2.45) is 5.73 Å². The maximum atomic E-state index is 9.32. The van der Waals surface area contributed by atoms with Crippen LogP contribution in [0.1, 0.15) is 51.9 Å². The van der Waals surface area contributed by atoms with E-state index in [1.54, 1.807) is 0 Å². The van der Waals surface area contributed by atoms with E-state index in [0.29, 0.717) is 0 Å². The van der Waals surface area contributed by atoms with Crippen LogP contribution >= 0.6 is 0 Å². The lowest BCUT2D eigenvalue weighted by molar-refractivity contribution is -0.0487. The van der Waals surface area contributed by atoms with Crippen LogP contribution in [0.25, 0.3) is 0 Å². The molecule has 3 N–H and O–H groups in total. The van der Waals surface area contributed by atoms with Crippen LogP contribution in [-0.4, -0.2) is 23.5 Å². The third-order valence-corrected chi connectivity index (χ3v) is 2.85. The smallest absolute Gasteiger partial charge is 0.106 e. The molecular weight excluding hydrogens is 178 g/mol. The summed E-state index contributed by atoms with van der Waals surface area (Å²) in [6.45, 7) is 2.16. The number of hydrogen-bond donors (Lipinski definition) is 2. The lowest BCUT2D eigenvalue weighted by Crippen LogP contribution is -2.33. The number of hydrogen-bond acceptors (Lipinski definition) is 3. The predicted molar refractivity (Wildman–Crippen MR) is 56.8 cm³/mol. The van der Waals surface area contributed by atoms with E-state index in [4.69, 9.17) is 10.5 Å². The van der Waals surface area contributed by atoms with Crippen molar-refractivity contribution in [1.82, 2.24) is 0 Å². The van der Waals surface area contributed by atoms with Gasteiger partial charge >= 0.3 is 0 Å². The average molecular weight is 201 g/mol. The third-order valence-electron chi connectivity index (χ3n) is 2.85. The van der Waals surface area contributed by atoms with Gasteiger partial charge in [0.05, 0.1) is 12.2 Å². The molecule has 3 nitrogen and oxygen atoms in total. The Morgan fingerprint density at radius 1 is 1.36 bits per heavy atom. The highest BCUT2D eigenvalue weighted by atomic mass is 16.5. The molecule has 0 heterocycles. The zero-order chi connectivity index (χ0) is 10.4. The highest BCUT2D eigenvalue weighted by molar-refractivity contribution is 4.72. The fraction of sp³-hybridized carbons (Fsp3) is 1.00. The van der Waals surface area contributed by atoms with E-state index in [9.17, 15) is 5.11 Å². The van der Waals surface area contributed by atoms with Gasteiger partial charge in [-0.15, -0.1) is 0 Å². The molecule has 1 fully saturated rings. The van der Waals surface area contributed by atoms with Crippen molar-refractivity contribution in [3.63, 3.8) is 0 Å². The normalized spacial score (nSPS) is 30.2. The summed E-state index contributed by atoms with van der Waals surface area (Å²) < 4.78 is 5.71. The second kappa shape index (κ2) is 6.38. The van der Waals surface area contributed by atoms with E-state index < -0.39 is 0 Å². The summed E-state index contributed by atoms with van der Waals surface area (Å²) in [5.74, 6) is 0. The summed E-state index contributed by atoms with van der Waals surface area (Å²) in [6, 6.07) is 0. The van der Waals surface area contributed by atoms with Crippen LogP contribution in [0.5, 0.6) is 0 Å². The number of nitrogens with two attached hydrogens (primary N) is 1. The van der Waals surface area contributed by atoms with Gasteiger partial charge in [-0.2, -0.15) is 0 Å². The molecule has 1 aliphatic carbocycles. The quantitative estimate of drug-likeness (QED) is 0.667. The fourth-order valence-corrected chi connectivity index (χ4v) is 1.90. The molecule has 1 atom stereocenters. The largest absolute Gasteiger partial charge is 0.393 e. The molecule has 14 heavy (non-hydrogen) atoms. The van der Waals surface area contributed by atoms with Gasteiger partial charge < -0.3 is 15.6 Å². The van der Waals surface area contributed by atoms with Crippen molar-refractivity contribution in [3.05, 3.63) is 0 Å². The molecule has 84 valence electrons. The van der Waals surface area contributed by atoms with E-state index >= 15 is 0 Å². The van der Waals surface area contributed by atoms with Gasteiger partial charge in [0.2, 0.25) is 0 Å². The van der Waals surface area contributed by atoms with Crippen LogP contribution in [0.2, 0.25) is 0 Å². The fourth-order valence-electron chi connectivity index (χ4n) is 1.90. The second-order valence-electron chi connectivity index (χ2n) is 4.25. The highest BCUT2D eigenvalue weighted by Gasteiger charge is 2.21. The van der Waals surface area contributed by atoms with Crippen molar-refractivity contribution < 1.29 is 9.84 Å². The van der Waals surface area contributed by atoms with Gasteiger partial charge in [-0.3, -0.25) is 0 Å². The average Bonchev–Trinajstić information content (AvgIpc) is 2.18. The summed E-state index contributed by atoms with van der Waals surface area (Å²) in [7, 11) is 0. The molecule has 0 saturated heterocycles. The Bertz CT molecular complexity index is 144. The number of unbranched alkanes of at least 4 members (excludes halogenated alkanes) is 1. The van der Waals surface area contributed by atoms with Crippen LogP contribution in [-0.2, 0) is 4.74 Å². The molecular formula is C11H23NO2. The Labute approximate surface area is 86.6 Å². The highest BCUT2D eigenvalue weighted by Crippen LogP contribution is 2.22. The number of aliphatic hydroxyl groups excluding tert-OH is 1. The Morgan fingerprint density at radius 2 is 2.00 bits per heavy atom. The lowest BCUT2D eigenvalue weighted by atomic mass is 9.95. The minimum absolute atomic E-state index is 0.102. The maximum Gasteiger partial charge on any atom is 0.106 e. The standard InChI is InChI=1S/C11H23NO2/c1-2-3-4-11(12)14-10-7-5-9(13)6-8-10/h9-11,13H,2-8,12H2,1H3/t9-,10+,11-/m0/s1. The van der Waals surface area contributed by atoms with Crippen molar-refractivity contribution in [2.75, 3.05) is 0 Å². The first kappa shape index (κ1) is 12.0. The Kier molecular flexibility index (Phi) is 5.45. The molecule has 0 radical (unpaired) electrons. The lowest BCUT2D eigenvalue weighted by Gasteiger charge is -2.28. The van der Waals surface area contributed by atoms with E-state index in [-0.39, 0.29) is 18.4 Å². The monoisotopic (exact) mass is 201 g/mol. The summed E-state index contributed by atoms with van der Waals surface area (Å²) in [5.41, 5.74) is 5.84. The molecule has 0 spiro atoms. The molecule has 1 saturated carbocycles. The van der Waals surface area contributed by atoms with Crippen LogP contribution in [0, 0.1) is 0 Å². The van der Waals surface area contributed by atoms with Gasteiger partial charge in [0.1, 0.15) is 6.23 Å². The minimum atomic E-state index is -0.110. The zero-order valence-electron chi connectivity index (χ0n) is 9.11. The molecule has 1 aliphatic rings. The molecule has 0 aromatic rings. The summed E-state index contributed by atoms with van der Waals surface area (Å²) in [6.07, 6.45) is 6.98. The molecule has 1 rings (SSSR count). The Hall–Kier alpha value is -0.120. The SMILES string of the molecule is CCCC[C@@H](N)O[C@H]1CC[C@@H](O)CC1. The third kappa shape index (κ3) is 4.40. The van der Waals surface area contributed by atoms with Crippen LogP contribution in [0.15, 0.2) is 0 Å². The molecule has 0 bridgehead atoms. The van der Waals surface area contributed by atoms with Crippen LogP contribution in [0.4, 0.5) is 0 Å².